The molecule has 1 atom stereocenters. The largest absolute Gasteiger partial charge is 0.465 e. The summed E-state index contributed by atoms with van der Waals surface area (Å²) in [6.07, 6.45) is -0.159. The zero-order chi connectivity index (χ0) is 13.7. The van der Waals surface area contributed by atoms with E-state index >= 15 is 0 Å². The summed E-state index contributed by atoms with van der Waals surface area (Å²) in [4.78, 5) is 21.2. The predicted octanol–water partition coefficient (Wildman–Crippen LogP) is 2.45. The Hall–Kier alpha value is -1.69. The molecule has 0 saturated carbocycles. The summed E-state index contributed by atoms with van der Waals surface area (Å²) >= 11 is 5.74. The Morgan fingerprint density at radius 1 is 1.61 bits per heavy atom. The summed E-state index contributed by atoms with van der Waals surface area (Å²) in [5, 5.41) is 9.48. The highest BCUT2D eigenvalue weighted by atomic mass is 35.5. The maximum atomic E-state index is 13.4. The van der Waals surface area contributed by atoms with E-state index in [-0.39, 0.29) is 24.3 Å². The number of carbonyl (C=O) groups is 1. The molecule has 0 aromatic heterocycles. The molecule has 1 aromatic rings. The number of alkyl halides is 1. The van der Waals surface area contributed by atoms with Crippen LogP contribution in [0.3, 0.4) is 0 Å². The minimum atomic E-state index is -1.07. The predicted molar refractivity (Wildman–Crippen MR) is 63.0 cm³/mol. The molecule has 0 radical (unpaired) electrons. The van der Waals surface area contributed by atoms with E-state index in [0.717, 1.165) is 18.2 Å². The molecule has 0 aliphatic heterocycles. The number of nitro groups is 1. The quantitative estimate of drug-likeness (QED) is 0.358. The number of halogens is 2. The van der Waals surface area contributed by atoms with Gasteiger partial charge in [0.15, 0.2) is 0 Å². The fraction of sp³-hybridized carbons (Fsp3) is 0.364. The van der Waals surface area contributed by atoms with Crippen molar-refractivity contribution in [2.24, 2.45) is 0 Å². The molecule has 0 aliphatic carbocycles. The zero-order valence-corrected chi connectivity index (χ0v) is 10.3. The first-order valence-corrected chi connectivity index (χ1v) is 5.62. The number of esters is 1. The molecular weight excluding hydrogens is 265 g/mol. The van der Waals surface area contributed by atoms with Crippen molar-refractivity contribution in [3.05, 3.63) is 39.7 Å². The molecule has 0 N–H and O–H groups in total. The van der Waals surface area contributed by atoms with Gasteiger partial charge in [-0.05, 0) is 18.6 Å². The van der Waals surface area contributed by atoms with E-state index in [1.165, 1.54) is 0 Å². The summed E-state index contributed by atoms with van der Waals surface area (Å²) in [6.45, 7) is 1.79. The second kappa shape index (κ2) is 6.30. The van der Waals surface area contributed by atoms with Crippen LogP contribution in [0, 0.1) is 15.9 Å². The van der Waals surface area contributed by atoms with Gasteiger partial charge in [-0.1, -0.05) is 0 Å². The average Bonchev–Trinajstić information content (AvgIpc) is 2.31. The molecule has 0 fully saturated rings. The van der Waals surface area contributed by atoms with Crippen LogP contribution in [0.1, 0.15) is 12.5 Å². The first-order valence-electron chi connectivity index (χ1n) is 5.19. The standard InChI is InChI=1S/C11H11ClFNO4/c1-2-18-11(15)9(12)6-7-5-8(14(16)17)3-4-10(7)13/h3-5,9H,2,6H2,1H3. The molecule has 0 aliphatic rings. The van der Waals surface area contributed by atoms with Crippen molar-refractivity contribution in [3.8, 4) is 0 Å². The van der Waals surface area contributed by atoms with Gasteiger partial charge in [-0.2, -0.15) is 0 Å². The lowest BCUT2D eigenvalue weighted by Crippen LogP contribution is -2.20. The number of benzene rings is 1. The average molecular weight is 276 g/mol. The van der Waals surface area contributed by atoms with E-state index < -0.39 is 22.1 Å². The van der Waals surface area contributed by atoms with E-state index in [1.54, 1.807) is 6.92 Å². The SMILES string of the molecule is CCOC(=O)C(Cl)Cc1cc([N+](=O)[O-])ccc1F. The summed E-state index contributed by atoms with van der Waals surface area (Å²) in [6, 6.07) is 3.08. The van der Waals surface area contributed by atoms with Gasteiger partial charge in [0.2, 0.25) is 0 Å². The van der Waals surface area contributed by atoms with Crippen molar-refractivity contribution in [2.45, 2.75) is 18.7 Å². The highest BCUT2D eigenvalue weighted by molar-refractivity contribution is 6.30. The third-order valence-corrected chi connectivity index (χ3v) is 2.51. The fourth-order valence-electron chi connectivity index (χ4n) is 1.34. The van der Waals surface area contributed by atoms with Crippen molar-refractivity contribution >= 4 is 23.3 Å². The summed E-state index contributed by atoms with van der Waals surface area (Å²) < 4.78 is 18.1. The molecule has 1 unspecified atom stereocenters. The molecule has 0 spiro atoms. The number of rotatable bonds is 5. The number of carbonyl (C=O) groups excluding carboxylic acids is 1. The maximum Gasteiger partial charge on any atom is 0.324 e. The molecule has 0 saturated heterocycles. The Bertz CT molecular complexity index is 466. The van der Waals surface area contributed by atoms with E-state index in [4.69, 9.17) is 11.6 Å². The highest BCUT2D eigenvalue weighted by Crippen LogP contribution is 2.20. The van der Waals surface area contributed by atoms with Crippen LogP contribution < -0.4 is 0 Å². The first kappa shape index (κ1) is 14.4. The highest BCUT2D eigenvalue weighted by Gasteiger charge is 2.20. The van der Waals surface area contributed by atoms with Crippen LogP contribution in [0.2, 0.25) is 0 Å². The third-order valence-electron chi connectivity index (χ3n) is 2.18. The Kier molecular flexibility index (Phi) is 5.03. The van der Waals surface area contributed by atoms with Gasteiger partial charge in [-0.3, -0.25) is 14.9 Å². The molecule has 98 valence electrons. The molecule has 0 amide bonds. The minimum Gasteiger partial charge on any atom is -0.465 e. The summed E-state index contributed by atoms with van der Waals surface area (Å²) in [5.74, 6) is -1.32. The van der Waals surface area contributed by atoms with Crippen LogP contribution in [-0.2, 0) is 16.0 Å². The van der Waals surface area contributed by atoms with Gasteiger partial charge in [0.25, 0.3) is 5.69 Å². The molecule has 0 bridgehead atoms. The topological polar surface area (TPSA) is 69.4 Å². The second-order valence-corrected chi connectivity index (χ2v) is 3.98. The van der Waals surface area contributed by atoms with Gasteiger partial charge in [0, 0.05) is 18.6 Å². The summed E-state index contributed by atoms with van der Waals surface area (Å²) in [5.41, 5.74) is -0.239. The van der Waals surface area contributed by atoms with Crippen LogP contribution in [0.5, 0.6) is 0 Å². The van der Waals surface area contributed by atoms with Crippen LogP contribution in [0.4, 0.5) is 10.1 Å². The van der Waals surface area contributed by atoms with E-state index in [0.29, 0.717) is 0 Å². The lowest BCUT2D eigenvalue weighted by molar-refractivity contribution is -0.385. The normalized spacial score (nSPS) is 11.9. The van der Waals surface area contributed by atoms with Crippen molar-refractivity contribution in [1.82, 2.24) is 0 Å². The monoisotopic (exact) mass is 275 g/mol. The van der Waals surface area contributed by atoms with Gasteiger partial charge in [0.1, 0.15) is 11.2 Å². The van der Waals surface area contributed by atoms with Crippen LogP contribution in [-0.4, -0.2) is 22.9 Å². The first-order chi connectivity index (χ1) is 8.45. The van der Waals surface area contributed by atoms with E-state index in [9.17, 15) is 19.3 Å². The van der Waals surface area contributed by atoms with Gasteiger partial charge < -0.3 is 4.74 Å². The van der Waals surface area contributed by atoms with Crippen molar-refractivity contribution in [3.63, 3.8) is 0 Å². The smallest absolute Gasteiger partial charge is 0.324 e. The Labute approximate surface area is 108 Å². The van der Waals surface area contributed by atoms with Gasteiger partial charge >= 0.3 is 5.97 Å². The maximum absolute atomic E-state index is 13.4. The summed E-state index contributed by atoms with van der Waals surface area (Å²) in [7, 11) is 0. The number of hydrogen-bond donors (Lipinski definition) is 0. The van der Waals surface area contributed by atoms with Crippen LogP contribution in [0.25, 0.3) is 0 Å². The van der Waals surface area contributed by atoms with E-state index in [1.807, 2.05) is 0 Å². The van der Waals surface area contributed by atoms with Crippen molar-refractivity contribution in [2.75, 3.05) is 6.61 Å². The second-order valence-electron chi connectivity index (χ2n) is 3.46. The number of non-ortho nitro benzene ring substituents is 1. The Morgan fingerprint density at radius 3 is 2.83 bits per heavy atom. The molecule has 7 heteroatoms. The lowest BCUT2D eigenvalue weighted by atomic mass is 10.1. The zero-order valence-electron chi connectivity index (χ0n) is 9.56. The van der Waals surface area contributed by atoms with Crippen LogP contribution >= 0.6 is 11.6 Å². The molecule has 1 rings (SSSR count). The van der Waals surface area contributed by atoms with Crippen LogP contribution in [0.15, 0.2) is 18.2 Å². The van der Waals surface area contributed by atoms with Crippen molar-refractivity contribution < 1.29 is 18.8 Å². The number of hydrogen-bond acceptors (Lipinski definition) is 4. The fourth-order valence-corrected chi connectivity index (χ4v) is 1.57. The molecule has 0 heterocycles. The van der Waals surface area contributed by atoms with Gasteiger partial charge in [-0.25, -0.2) is 4.39 Å². The molecule has 5 nitrogen and oxygen atoms in total. The molecule has 18 heavy (non-hydrogen) atoms. The molecule has 1 aromatic carbocycles. The van der Waals surface area contributed by atoms with Gasteiger partial charge in [-0.15, -0.1) is 11.6 Å². The Morgan fingerprint density at radius 2 is 2.28 bits per heavy atom. The number of ether oxygens (including phenoxy) is 1. The minimum absolute atomic E-state index is 0.0113. The third kappa shape index (κ3) is 3.66. The van der Waals surface area contributed by atoms with Crippen molar-refractivity contribution in [1.29, 1.82) is 0 Å². The van der Waals surface area contributed by atoms with Gasteiger partial charge in [0.05, 0.1) is 11.5 Å². The Balaban J connectivity index is 2.86. The molecular formula is C11H11ClFNO4. The number of nitrogens with zero attached hydrogens (tertiary/aromatic N) is 1. The van der Waals surface area contributed by atoms with E-state index in [2.05, 4.69) is 4.74 Å². The lowest BCUT2D eigenvalue weighted by Gasteiger charge is -2.09. The number of nitro benzene ring substituents is 1.